The van der Waals surface area contributed by atoms with Gasteiger partial charge < -0.3 is 0 Å². The van der Waals surface area contributed by atoms with E-state index in [1.807, 2.05) is 0 Å². The Balaban J connectivity index is 2.06. The highest BCUT2D eigenvalue weighted by molar-refractivity contribution is 5.86. The van der Waals surface area contributed by atoms with Crippen molar-refractivity contribution in [3.8, 4) is 6.07 Å². The lowest BCUT2D eigenvalue weighted by atomic mass is 10.0. The maximum atomic E-state index is 13.3. The van der Waals surface area contributed by atoms with Crippen LogP contribution in [0.2, 0.25) is 0 Å². The van der Waals surface area contributed by atoms with Crippen molar-refractivity contribution < 1.29 is 18.0 Å². The molecule has 0 radical (unpaired) electrons. The Morgan fingerprint density at radius 1 is 1.25 bits per heavy atom. The fourth-order valence-corrected chi connectivity index (χ4v) is 2.58. The Kier molecular flexibility index (Phi) is 3.81. The summed E-state index contributed by atoms with van der Waals surface area (Å²) in [6.45, 7) is -0.129. The van der Waals surface area contributed by atoms with E-state index < -0.39 is 17.3 Å². The van der Waals surface area contributed by atoms with E-state index in [-0.39, 0.29) is 12.1 Å². The maximum absolute atomic E-state index is 13.3. The molecule has 0 N–H and O–H groups in total. The van der Waals surface area contributed by atoms with Crippen molar-refractivity contribution in [3.63, 3.8) is 0 Å². The molecule has 4 nitrogen and oxygen atoms in total. The third kappa shape index (κ3) is 2.86. The molecule has 3 aromatic rings. The number of halogens is 3. The second-order valence-corrected chi connectivity index (χ2v) is 5.21. The van der Waals surface area contributed by atoms with Crippen molar-refractivity contribution in [1.29, 1.82) is 5.26 Å². The molecule has 0 atom stereocenters. The molecular formula is C17H10F3N3O. The molecule has 7 heteroatoms. The fraction of sp³-hybridized carbons (Fsp3) is 0.118. The number of benzene rings is 2. The number of carbonyl (C=O) groups is 1. The summed E-state index contributed by atoms with van der Waals surface area (Å²) in [5.41, 5.74) is -0.360. The lowest BCUT2D eigenvalue weighted by Gasteiger charge is -2.14. The minimum atomic E-state index is -4.63. The van der Waals surface area contributed by atoms with Gasteiger partial charge in [-0.15, -0.1) is 0 Å². The Morgan fingerprint density at radius 2 is 2.04 bits per heavy atom. The zero-order valence-corrected chi connectivity index (χ0v) is 12.2. The normalized spacial score (nSPS) is 11.4. The van der Waals surface area contributed by atoms with Crippen LogP contribution in [0.15, 0.2) is 42.6 Å². The largest absolute Gasteiger partial charge is 0.418 e. The lowest BCUT2D eigenvalue weighted by molar-refractivity contribution is -0.138. The van der Waals surface area contributed by atoms with Gasteiger partial charge in [-0.2, -0.15) is 23.5 Å². The van der Waals surface area contributed by atoms with Crippen LogP contribution in [0.1, 0.15) is 27.0 Å². The summed E-state index contributed by atoms with van der Waals surface area (Å²) >= 11 is 0. The van der Waals surface area contributed by atoms with Gasteiger partial charge in [-0.3, -0.25) is 9.48 Å². The standard InChI is InChI=1S/C17H10F3N3O/c18-17(19,20)16-12(7-21)2-1-3-13(16)8-23-9-14-6-11(10-24)4-5-15(14)22-23/h1-6,9-10H,8H2. The van der Waals surface area contributed by atoms with Crippen molar-refractivity contribution >= 4 is 17.2 Å². The fourth-order valence-electron chi connectivity index (χ4n) is 2.58. The summed E-state index contributed by atoms with van der Waals surface area (Å²) < 4.78 is 41.2. The maximum Gasteiger partial charge on any atom is 0.418 e. The van der Waals surface area contributed by atoms with Gasteiger partial charge in [-0.05, 0) is 29.8 Å². The Labute approximate surface area is 134 Å². The number of nitrogens with zero attached hydrogens (tertiary/aromatic N) is 3. The SMILES string of the molecule is N#Cc1cccc(Cn2cc3cc(C=O)ccc3n2)c1C(F)(F)F. The number of alkyl halides is 3. The van der Waals surface area contributed by atoms with E-state index in [2.05, 4.69) is 5.10 Å². The van der Waals surface area contributed by atoms with Gasteiger partial charge in [-0.25, -0.2) is 0 Å². The van der Waals surface area contributed by atoms with Crippen molar-refractivity contribution in [2.45, 2.75) is 12.7 Å². The molecule has 1 aromatic heterocycles. The van der Waals surface area contributed by atoms with Crippen LogP contribution in [0.3, 0.4) is 0 Å². The van der Waals surface area contributed by atoms with Crippen LogP contribution in [-0.2, 0) is 12.7 Å². The Hall–Kier alpha value is -3.14. The van der Waals surface area contributed by atoms with Gasteiger partial charge in [0.2, 0.25) is 0 Å². The highest BCUT2D eigenvalue weighted by Gasteiger charge is 2.36. The first-order chi connectivity index (χ1) is 11.4. The van der Waals surface area contributed by atoms with Crippen LogP contribution >= 0.6 is 0 Å². The van der Waals surface area contributed by atoms with E-state index in [0.717, 1.165) is 6.07 Å². The number of nitriles is 1. The van der Waals surface area contributed by atoms with Crippen LogP contribution in [-0.4, -0.2) is 16.1 Å². The zero-order valence-electron chi connectivity index (χ0n) is 12.2. The number of rotatable bonds is 3. The second-order valence-electron chi connectivity index (χ2n) is 5.21. The predicted octanol–water partition coefficient (Wildman–Crippen LogP) is 3.79. The van der Waals surface area contributed by atoms with Crippen LogP contribution in [0.4, 0.5) is 13.2 Å². The monoisotopic (exact) mass is 329 g/mol. The molecule has 0 unspecified atom stereocenters. The quantitative estimate of drug-likeness (QED) is 0.687. The molecule has 24 heavy (non-hydrogen) atoms. The smallest absolute Gasteiger partial charge is 0.298 e. The van der Waals surface area contributed by atoms with Gasteiger partial charge >= 0.3 is 6.18 Å². The van der Waals surface area contributed by atoms with E-state index >= 15 is 0 Å². The van der Waals surface area contributed by atoms with E-state index in [0.29, 0.717) is 22.8 Å². The van der Waals surface area contributed by atoms with Gasteiger partial charge in [0, 0.05) is 17.1 Å². The van der Waals surface area contributed by atoms with Gasteiger partial charge in [0.15, 0.2) is 0 Å². The first kappa shape index (κ1) is 15.7. The number of carbonyl (C=O) groups excluding carboxylic acids is 1. The first-order valence-electron chi connectivity index (χ1n) is 6.94. The predicted molar refractivity (Wildman–Crippen MR) is 80.4 cm³/mol. The number of aldehydes is 1. The summed E-state index contributed by atoms with van der Waals surface area (Å²) in [6, 6.07) is 10.3. The first-order valence-corrected chi connectivity index (χ1v) is 6.94. The van der Waals surface area contributed by atoms with Crippen LogP contribution < -0.4 is 0 Å². The molecule has 0 aliphatic heterocycles. The number of hydrogen-bond donors (Lipinski definition) is 0. The summed E-state index contributed by atoms with van der Waals surface area (Å²) in [6.07, 6.45) is -2.37. The molecule has 0 aliphatic rings. The van der Waals surface area contributed by atoms with Crippen molar-refractivity contribution in [2.75, 3.05) is 0 Å². The number of hydrogen-bond acceptors (Lipinski definition) is 3. The van der Waals surface area contributed by atoms with Crippen molar-refractivity contribution in [2.24, 2.45) is 0 Å². The second kappa shape index (κ2) is 5.81. The molecule has 0 spiro atoms. The Morgan fingerprint density at radius 3 is 2.71 bits per heavy atom. The summed E-state index contributed by atoms with van der Waals surface area (Å²) in [4.78, 5) is 10.8. The summed E-state index contributed by atoms with van der Waals surface area (Å²) in [7, 11) is 0. The highest BCUT2D eigenvalue weighted by atomic mass is 19.4. The van der Waals surface area contributed by atoms with Gasteiger partial charge in [-0.1, -0.05) is 12.1 Å². The summed E-state index contributed by atoms with van der Waals surface area (Å²) in [5.74, 6) is 0. The number of fused-ring (bicyclic) bond motifs is 1. The zero-order chi connectivity index (χ0) is 17.3. The molecule has 120 valence electrons. The average molecular weight is 329 g/mol. The third-order valence-corrected chi connectivity index (χ3v) is 3.60. The molecule has 0 saturated carbocycles. The van der Waals surface area contributed by atoms with E-state index in [1.165, 1.54) is 16.8 Å². The lowest BCUT2D eigenvalue weighted by Crippen LogP contribution is -2.14. The topological polar surface area (TPSA) is 58.7 Å². The minimum absolute atomic E-state index is 0.0371. The van der Waals surface area contributed by atoms with Gasteiger partial charge in [0.1, 0.15) is 6.29 Å². The van der Waals surface area contributed by atoms with E-state index in [9.17, 15) is 18.0 Å². The van der Waals surface area contributed by atoms with Crippen LogP contribution in [0.5, 0.6) is 0 Å². The highest BCUT2D eigenvalue weighted by Crippen LogP contribution is 2.35. The van der Waals surface area contributed by atoms with Gasteiger partial charge in [0.05, 0.1) is 29.3 Å². The molecule has 0 aliphatic carbocycles. The van der Waals surface area contributed by atoms with Gasteiger partial charge in [0.25, 0.3) is 0 Å². The van der Waals surface area contributed by atoms with Crippen molar-refractivity contribution in [1.82, 2.24) is 9.78 Å². The van der Waals surface area contributed by atoms with Crippen molar-refractivity contribution in [3.05, 3.63) is 64.8 Å². The molecule has 0 fully saturated rings. The average Bonchev–Trinajstić information content (AvgIpc) is 2.94. The van der Waals surface area contributed by atoms with Crippen LogP contribution in [0.25, 0.3) is 10.9 Å². The van der Waals surface area contributed by atoms with Crippen LogP contribution in [0, 0.1) is 11.3 Å². The molecule has 2 aromatic carbocycles. The van der Waals surface area contributed by atoms with E-state index in [1.54, 1.807) is 30.5 Å². The minimum Gasteiger partial charge on any atom is -0.298 e. The van der Waals surface area contributed by atoms with E-state index in [4.69, 9.17) is 5.26 Å². The number of aromatic nitrogens is 2. The molecular weight excluding hydrogens is 319 g/mol. The Bertz CT molecular complexity index is 967. The third-order valence-electron chi connectivity index (χ3n) is 3.60. The summed E-state index contributed by atoms with van der Waals surface area (Å²) in [5, 5.41) is 13.8. The molecule has 0 amide bonds. The molecule has 0 bridgehead atoms. The molecule has 1 heterocycles. The molecule has 3 rings (SSSR count). The molecule has 0 saturated heterocycles.